The third-order valence-electron chi connectivity index (χ3n) is 4.90. The van der Waals surface area contributed by atoms with E-state index in [1.165, 1.54) is 12.1 Å². The summed E-state index contributed by atoms with van der Waals surface area (Å²) in [6, 6.07) is 11.2. The van der Waals surface area contributed by atoms with Gasteiger partial charge in [0.2, 0.25) is 0 Å². The zero-order valence-corrected chi connectivity index (χ0v) is 16.9. The van der Waals surface area contributed by atoms with E-state index in [4.69, 9.17) is 5.73 Å². The van der Waals surface area contributed by atoms with Crippen LogP contribution in [0, 0.1) is 5.82 Å². The average Bonchev–Trinajstić information content (AvgIpc) is 3.13. The lowest BCUT2D eigenvalue weighted by Gasteiger charge is -2.17. The van der Waals surface area contributed by atoms with Crippen LogP contribution < -0.4 is 11.1 Å². The molecule has 2 aromatic heterocycles. The third kappa shape index (κ3) is 4.23. The van der Waals surface area contributed by atoms with Crippen molar-refractivity contribution < 1.29 is 9.18 Å². The highest BCUT2D eigenvalue weighted by Gasteiger charge is 2.25. The summed E-state index contributed by atoms with van der Waals surface area (Å²) in [7, 11) is 4.01. The van der Waals surface area contributed by atoms with Crippen LogP contribution in [0.3, 0.4) is 0 Å². The fourth-order valence-corrected chi connectivity index (χ4v) is 3.44. The molecule has 0 spiro atoms. The van der Waals surface area contributed by atoms with Crippen LogP contribution in [0.15, 0.2) is 48.7 Å². The summed E-state index contributed by atoms with van der Waals surface area (Å²) in [5.74, 6) is -0.0438. The summed E-state index contributed by atoms with van der Waals surface area (Å²) in [5.41, 5.74) is 10.8. The van der Waals surface area contributed by atoms with Gasteiger partial charge in [-0.2, -0.15) is 0 Å². The largest absolute Gasteiger partial charge is 0.396 e. The van der Waals surface area contributed by atoms with E-state index in [9.17, 15) is 9.18 Å². The molecule has 3 N–H and O–H groups in total. The first-order valence-electron chi connectivity index (χ1n) is 9.59. The standard InChI is InChI=1S/C22H23FN6O/c1-28(2)11-14-9-16-12-29(13-20(16)25-10-14)22(30)27-21-18(24)7-8-19(26-21)15-3-5-17(23)6-4-15/h3-10H,11-13,24H2,1-2H3,(H,26,27,30). The number of nitrogens with two attached hydrogens (primary N) is 1. The molecule has 1 aliphatic rings. The molecule has 0 atom stereocenters. The van der Waals surface area contributed by atoms with Crippen molar-refractivity contribution in [1.82, 2.24) is 19.8 Å². The van der Waals surface area contributed by atoms with E-state index in [1.807, 2.05) is 20.3 Å². The second kappa shape index (κ2) is 8.08. The lowest BCUT2D eigenvalue weighted by Crippen LogP contribution is -2.31. The van der Waals surface area contributed by atoms with Crippen LogP contribution in [-0.2, 0) is 19.6 Å². The smallest absolute Gasteiger partial charge is 0.323 e. The van der Waals surface area contributed by atoms with Crippen LogP contribution in [0.5, 0.6) is 0 Å². The first-order valence-corrected chi connectivity index (χ1v) is 9.59. The molecule has 1 aliphatic heterocycles. The number of aromatic nitrogens is 2. The molecule has 1 aromatic carbocycles. The van der Waals surface area contributed by atoms with Gasteiger partial charge in [0.15, 0.2) is 5.82 Å². The van der Waals surface area contributed by atoms with Crippen molar-refractivity contribution >= 4 is 17.5 Å². The highest BCUT2D eigenvalue weighted by molar-refractivity contribution is 5.92. The average molecular weight is 406 g/mol. The van der Waals surface area contributed by atoms with Crippen LogP contribution in [0.2, 0.25) is 0 Å². The summed E-state index contributed by atoms with van der Waals surface area (Å²) in [6.45, 7) is 1.71. The molecule has 4 rings (SSSR count). The molecule has 0 aliphatic carbocycles. The highest BCUT2D eigenvalue weighted by atomic mass is 19.1. The van der Waals surface area contributed by atoms with Crippen molar-refractivity contribution in [3.05, 3.63) is 71.3 Å². The molecular formula is C22H23FN6O. The molecule has 0 saturated carbocycles. The maximum atomic E-state index is 13.2. The number of urea groups is 1. The predicted molar refractivity (Wildman–Crippen MR) is 114 cm³/mol. The Morgan fingerprint density at radius 1 is 1.20 bits per heavy atom. The van der Waals surface area contributed by atoms with Gasteiger partial charge in [-0.3, -0.25) is 10.3 Å². The zero-order valence-electron chi connectivity index (χ0n) is 16.9. The molecule has 0 bridgehead atoms. The first kappa shape index (κ1) is 19.8. The summed E-state index contributed by atoms with van der Waals surface area (Å²) >= 11 is 0. The number of hydrogen-bond acceptors (Lipinski definition) is 5. The van der Waals surface area contributed by atoms with Gasteiger partial charge in [-0.25, -0.2) is 14.2 Å². The van der Waals surface area contributed by atoms with Crippen molar-refractivity contribution in [3.8, 4) is 11.3 Å². The van der Waals surface area contributed by atoms with Crippen molar-refractivity contribution in [2.45, 2.75) is 19.6 Å². The molecule has 154 valence electrons. The van der Waals surface area contributed by atoms with Crippen molar-refractivity contribution in [2.24, 2.45) is 0 Å². The SMILES string of the molecule is CN(C)Cc1cnc2c(c1)CN(C(=O)Nc1nc(-c3ccc(F)cc3)ccc1N)C2. The number of hydrogen-bond donors (Lipinski definition) is 2. The van der Waals surface area contributed by atoms with Crippen LogP contribution >= 0.6 is 0 Å². The molecule has 8 heteroatoms. The molecule has 7 nitrogen and oxygen atoms in total. The van der Waals surface area contributed by atoms with E-state index in [-0.39, 0.29) is 17.7 Å². The minimum Gasteiger partial charge on any atom is -0.396 e. The number of anilines is 2. The second-order valence-electron chi connectivity index (χ2n) is 7.61. The zero-order chi connectivity index (χ0) is 21.3. The Morgan fingerprint density at radius 2 is 1.97 bits per heavy atom. The number of halogens is 1. The number of rotatable bonds is 4. The van der Waals surface area contributed by atoms with Gasteiger partial charge < -0.3 is 15.5 Å². The maximum Gasteiger partial charge on any atom is 0.323 e. The molecule has 0 fully saturated rings. The fourth-order valence-electron chi connectivity index (χ4n) is 3.44. The van der Waals surface area contributed by atoms with Gasteiger partial charge in [0.05, 0.1) is 23.6 Å². The molecule has 3 aromatic rings. The minimum absolute atomic E-state index is 0.277. The number of pyridine rings is 2. The lowest BCUT2D eigenvalue weighted by molar-refractivity contribution is 0.212. The Morgan fingerprint density at radius 3 is 2.70 bits per heavy atom. The van der Waals surface area contributed by atoms with Crippen LogP contribution in [-0.4, -0.2) is 39.9 Å². The Balaban J connectivity index is 1.49. The molecule has 0 radical (unpaired) electrons. The van der Waals surface area contributed by atoms with E-state index in [0.29, 0.717) is 24.5 Å². The maximum absolute atomic E-state index is 13.2. The number of carbonyl (C=O) groups is 1. The Bertz CT molecular complexity index is 1080. The third-order valence-corrected chi connectivity index (χ3v) is 4.90. The summed E-state index contributed by atoms with van der Waals surface area (Å²) in [5, 5.41) is 2.80. The molecule has 0 unspecified atom stereocenters. The van der Waals surface area contributed by atoms with E-state index in [2.05, 4.69) is 26.3 Å². The molecule has 3 heterocycles. The predicted octanol–water partition coefficient (Wildman–Crippen LogP) is 3.47. The van der Waals surface area contributed by atoms with E-state index in [0.717, 1.165) is 28.9 Å². The Kier molecular flexibility index (Phi) is 5.33. The molecule has 0 saturated heterocycles. The number of benzene rings is 1. The molecule has 2 amide bonds. The van der Waals surface area contributed by atoms with Gasteiger partial charge >= 0.3 is 6.03 Å². The number of nitrogens with one attached hydrogen (secondary N) is 1. The van der Waals surface area contributed by atoms with Gasteiger partial charge in [0.25, 0.3) is 0 Å². The van der Waals surface area contributed by atoms with Crippen molar-refractivity contribution in [1.29, 1.82) is 0 Å². The second-order valence-corrected chi connectivity index (χ2v) is 7.61. The quantitative estimate of drug-likeness (QED) is 0.693. The lowest BCUT2D eigenvalue weighted by atomic mass is 10.1. The van der Waals surface area contributed by atoms with Crippen LogP contribution in [0.25, 0.3) is 11.3 Å². The van der Waals surface area contributed by atoms with Gasteiger partial charge in [0, 0.05) is 24.8 Å². The van der Waals surface area contributed by atoms with Crippen molar-refractivity contribution in [3.63, 3.8) is 0 Å². The summed E-state index contributed by atoms with van der Waals surface area (Å²) in [6.07, 6.45) is 1.85. The van der Waals surface area contributed by atoms with E-state index in [1.54, 1.807) is 29.2 Å². The molecular weight excluding hydrogens is 383 g/mol. The monoisotopic (exact) mass is 406 g/mol. The number of nitrogen functional groups attached to an aromatic ring is 1. The number of carbonyl (C=O) groups excluding carboxylic acids is 1. The summed E-state index contributed by atoms with van der Waals surface area (Å²) in [4.78, 5) is 25.5. The van der Waals surface area contributed by atoms with Crippen molar-refractivity contribution in [2.75, 3.05) is 25.1 Å². The number of amides is 2. The minimum atomic E-state index is -0.321. The first-order chi connectivity index (χ1) is 14.4. The highest BCUT2D eigenvalue weighted by Crippen LogP contribution is 2.26. The van der Waals surface area contributed by atoms with E-state index < -0.39 is 0 Å². The van der Waals surface area contributed by atoms with Gasteiger partial charge in [-0.05, 0) is 67.7 Å². The summed E-state index contributed by atoms with van der Waals surface area (Å²) < 4.78 is 13.2. The number of fused-ring (bicyclic) bond motifs is 1. The van der Waals surface area contributed by atoms with E-state index >= 15 is 0 Å². The topological polar surface area (TPSA) is 87.4 Å². The fraction of sp³-hybridized carbons (Fsp3) is 0.227. The molecule has 30 heavy (non-hydrogen) atoms. The Hall–Kier alpha value is -3.52. The van der Waals surface area contributed by atoms with Crippen LogP contribution in [0.4, 0.5) is 20.7 Å². The van der Waals surface area contributed by atoms with Crippen LogP contribution in [0.1, 0.15) is 16.8 Å². The van der Waals surface area contributed by atoms with Gasteiger partial charge in [-0.15, -0.1) is 0 Å². The van der Waals surface area contributed by atoms with Gasteiger partial charge in [0.1, 0.15) is 5.82 Å². The normalized spacial score (nSPS) is 12.9. The Labute approximate surface area is 174 Å². The number of nitrogens with zero attached hydrogens (tertiary/aromatic N) is 4. The van der Waals surface area contributed by atoms with Gasteiger partial charge in [-0.1, -0.05) is 0 Å².